The van der Waals surface area contributed by atoms with Crippen LogP contribution in [-0.4, -0.2) is 30.6 Å². The molecule has 0 aliphatic rings. The van der Waals surface area contributed by atoms with Crippen molar-refractivity contribution >= 4 is 23.4 Å². The van der Waals surface area contributed by atoms with Gasteiger partial charge in [-0.1, -0.05) is 17.7 Å². The van der Waals surface area contributed by atoms with Crippen LogP contribution in [0.5, 0.6) is 0 Å². The first kappa shape index (κ1) is 16.3. The molecule has 0 aromatic heterocycles. The average Bonchev–Trinajstić information content (AvgIpc) is 2.39. The zero-order valence-corrected chi connectivity index (χ0v) is 10.9. The summed E-state index contributed by atoms with van der Waals surface area (Å²) in [5.74, 6) is 0. The van der Waals surface area contributed by atoms with Gasteiger partial charge in [0.25, 0.3) is 0 Å². The van der Waals surface area contributed by atoms with Crippen molar-refractivity contribution in [1.29, 1.82) is 0 Å². The zero-order valence-electron chi connectivity index (χ0n) is 10.2. The molecule has 0 fully saturated rings. The standard InChI is InChI=1S/C11H10ClF3N2O3/c1-20-10(19)17-16-9(5-18)6-2-3-8(12)7(4-6)11(13,14)15/h2-4,18H,5H2,1H3,(H,17,19)/b16-9-. The Kier molecular flexibility index (Phi) is 5.34. The fourth-order valence-electron chi connectivity index (χ4n) is 1.27. The van der Waals surface area contributed by atoms with Crippen LogP contribution in [0.4, 0.5) is 18.0 Å². The van der Waals surface area contributed by atoms with Gasteiger partial charge >= 0.3 is 12.3 Å². The van der Waals surface area contributed by atoms with Crippen LogP contribution in [0.15, 0.2) is 23.3 Å². The number of alkyl halides is 3. The van der Waals surface area contributed by atoms with Crippen molar-refractivity contribution in [3.8, 4) is 0 Å². The Balaban J connectivity index is 3.14. The maximum Gasteiger partial charge on any atom is 0.427 e. The molecule has 0 heterocycles. The van der Waals surface area contributed by atoms with Crippen LogP contribution in [0.25, 0.3) is 0 Å². The summed E-state index contributed by atoms with van der Waals surface area (Å²) in [4.78, 5) is 10.8. The highest BCUT2D eigenvalue weighted by molar-refractivity contribution is 6.31. The molecule has 0 aliphatic carbocycles. The van der Waals surface area contributed by atoms with E-state index in [9.17, 15) is 18.0 Å². The van der Waals surface area contributed by atoms with Gasteiger partial charge in [-0.15, -0.1) is 0 Å². The molecule has 5 nitrogen and oxygen atoms in total. The summed E-state index contributed by atoms with van der Waals surface area (Å²) in [5.41, 5.74) is 0.652. The summed E-state index contributed by atoms with van der Waals surface area (Å²) in [5, 5.41) is 12.1. The summed E-state index contributed by atoms with van der Waals surface area (Å²) in [7, 11) is 1.09. The molecule has 0 spiro atoms. The van der Waals surface area contributed by atoms with E-state index in [4.69, 9.17) is 16.7 Å². The minimum atomic E-state index is -4.64. The smallest absolute Gasteiger partial charge is 0.427 e. The molecular weight excluding hydrogens is 301 g/mol. The predicted octanol–water partition coefficient (Wildman–Crippen LogP) is 2.41. The average molecular weight is 311 g/mol. The highest BCUT2D eigenvalue weighted by Crippen LogP contribution is 2.35. The van der Waals surface area contributed by atoms with Crippen LogP contribution in [0.1, 0.15) is 11.1 Å². The molecule has 0 saturated carbocycles. The number of methoxy groups -OCH3 is 1. The normalized spacial score (nSPS) is 12.2. The molecule has 0 bridgehead atoms. The number of hydrogen-bond donors (Lipinski definition) is 2. The molecule has 9 heteroatoms. The summed E-state index contributed by atoms with van der Waals surface area (Å²) in [6, 6.07) is 3.00. The molecule has 1 amide bonds. The number of hydrogen-bond acceptors (Lipinski definition) is 4. The largest absolute Gasteiger partial charge is 0.452 e. The van der Waals surface area contributed by atoms with E-state index in [1.165, 1.54) is 6.07 Å². The summed E-state index contributed by atoms with van der Waals surface area (Å²) < 4.78 is 42.3. The van der Waals surface area contributed by atoms with Gasteiger partial charge in [-0.25, -0.2) is 10.2 Å². The van der Waals surface area contributed by atoms with Crippen LogP contribution < -0.4 is 5.43 Å². The van der Waals surface area contributed by atoms with Crippen LogP contribution in [0, 0.1) is 0 Å². The number of carbonyl (C=O) groups is 1. The lowest BCUT2D eigenvalue weighted by atomic mass is 10.1. The van der Waals surface area contributed by atoms with Gasteiger partial charge in [0.05, 0.1) is 30.0 Å². The zero-order chi connectivity index (χ0) is 15.3. The van der Waals surface area contributed by atoms with Crippen LogP contribution >= 0.6 is 11.6 Å². The Morgan fingerprint density at radius 2 is 2.15 bits per heavy atom. The van der Waals surface area contributed by atoms with E-state index in [0.717, 1.165) is 19.2 Å². The van der Waals surface area contributed by atoms with Gasteiger partial charge < -0.3 is 9.84 Å². The number of benzene rings is 1. The molecule has 0 aliphatic heterocycles. The quantitative estimate of drug-likeness (QED) is 0.665. The van der Waals surface area contributed by atoms with Gasteiger partial charge in [-0.3, -0.25) is 0 Å². The van der Waals surface area contributed by atoms with E-state index in [2.05, 4.69) is 9.84 Å². The number of carbonyl (C=O) groups excluding carboxylic acids is 1. The molecule has 0 saturated heterocycles. The second-order valence-corrected chi connectivity index (χ2v) is 3.92. The highest BCUT2D eigenvalue weighted by atomic mass is 35.5. The SMILES string of the molecule is COC(=O)N/N=C(/CO)c1ccc(Cl)c(C(F)(F)F)c1. The van der Waals surface area contributed by atoms with Gasteiger partial charge in [-0.05, 0) is 12.1 Å². The summed E-state index contributed by atoms with van der Waals surface area (Å²) in [6.45, 7) is -0.678. The molecule has 2 N–H and O–H groups in total. The minimum absolute atomic E-state index is 0.0272. The number of hydrazone groups is 1. The lowest BCUT2D eigenvalue weighted by molar-refractivity contribution is -0.137. The predicted molar refractivity (Wildman–Crippen MR) is 65.6 cm³/mol. The van der Waals surface area contributed by atoms with E-state index in [1.54, 1.807) is 0 Å². The van der Waals surface area contributed by atoms with E-state index >= 15 is 0 Å². The first-order valence-corrected chi connectivity index (χ1v) is 5.56. The fourth-order valence-corrected chi connectivity index (χ4v) is 1.50. The van der Waals surface area contributed by atoms with Gasteiger partial charge in [0.2, 0.25) is 0 Å². The van der Waals surface area contributed by atoms with Crippen molar-refractivity contribution < 1.29 is 27.8 Å². The Hall–Kier alpha value is -1.80. The second-order valence-electron chi connectivity index (χ2n) is 3.51. The van der Waals surface area contributed by atoms with Gasteiger partial charge in [0.15, 0.2) is 0 Å². The monoisotopic (exact) mass is 310 g/mol. The van der Waals surface area contributed by atoms with Crippen molar-refractivity contribution in [1.82, 2.24) is 5.43 Å². The van der Waals surface area contributed by atoms with E-state index < -0.39 is 29.5 Å². The number of halogens is 4. The van der Waals surface area contributed by atoms with Crippen molar-refractivity contribution in [2.45, 2.75) is 6.18 Å². The molecular formula is C11H10ClF3N2O3. The first-order valence-electron chi connectivity index (χ1n) is 5.18. The molecule has 0 unspecified atom stereocenters. The fraction of sp³-hybridized carbons (Fsp3) is 0.273. The summed E-state index contributed by atoms with van der Waals surface area (Å²) >= 11 is 5.47. The lowest BCUT2D eigenvalue weighted by Crippen LogP contribution is -2.21. The van der Waals surface area contributed by atoms with E-state index in [0.29, 0.717) is 0 Å². The molecule has 110 valence electrons. The lowest BCUT2D eigenvalue weighted by Gasteiger charge is -2.11. The first-order chi connectivity index (χ1) is 9.29. The topological polar surface area (TPSA) is 70.9 Å². The number of nitrogens with one attached hydrogen (secondary N) is 1. The molecule has 0 radical (unpaired) electrons. The van der Waals surface area contributed by atoms with Crippen molar-refractivity contribution in [2.24, 2.45) is 5.10 Å². The summed E-state index contributed by atoms with van der Waals surface area (Å²) in [6.07, 6.45) is -5.55. The van der Waals surface area contributed by atoms with Gasteiger partial charge in [0, 0.05) is 5.56 Å². The number of aliphatic hydroxyl groups is 1. The Morgan fingerprint density at radius 1 is 1.50 bits per heavy atom. The van der Waals surface area contributed by atoms with Crippen molar-refractivity contribution in [3.05, 3.63) is 34.3 Å². The van der Waals surface area contributed by atoms with Gasteiger partial charge in [-0.2, -0.15) is 18.3 Å². The Morgan fingerprint density at radius 3 is 2.65 bits per heavy atom. The molecule has 0 atom stereocenters. The number of aliphatic hydroxyl groups excluding tert-OH is 1. The number of amides is 1. The number of nitrogens with zero attached hydrogens (tertiary/aromatic N) is 1. The van der Waals surface area contributed by atoms with E-state index in [-0.39, 0.29) is 11.3 Å². The third kappa shape index (κ3) is 4.10. The van der Waals surface area contributed by atoms with Crippen molar-refractivity contribution in [2.75, 3.05) is 13.7 Å². The maximum absolute atomic E-state index is 12.7. The highest BCUT2D eigenvalue weighted by Gasteiger charge is 2.33. The van der Waals surface area contributed by atoms with E-state index in [1.807, 2.05) is 5.43 Å². The Bertz CT molecular complexity index is 532. The van der Waals surface area contributed by atoms with Gasteiger partial charge in [0.1, 0.15) is 0 Å². The Labute approximate surface area is 117 Å². The van der Waals surface area contributed by atoms with Crippen LogP contribution in [-0.2, 0) is 10.9 Å². The molecule has 1 rings (SSSR count). The second kappa shape index (κ2) is 6.58. The number of ether oxygens (including phenoxy) is 1. The number of rotatable bonds is 3. The molecule has 1 aromatic rings. The third-order valence-electron chi connectivity index (χ3n) is 2.22. The van der Waals surface area contributed by atoms with Crippen molar-refractivity contribution in [3.63, 3.8) is 0 Å². The minimum Gasteiger partial charge on any atom is -0.452 e. The third-order valence-corrected chi connectivity index (χ3v) is 2.55. The van der Waals surface area contributed by atoms with Crippen LogP contribution in [0.2, 0.25) is 5.02 Å². The molecule has 1 aromatic carbocycles. The molecule has 20 heavy (non-hydrogen) atoms. The maximum atomic E-state index is 12.7. The van der Waals surface area contributed by atoms with Crippen LogP contribution in [0.3, 0.4) is 0 Å².